The summed E-state index contributed by atoms with van der Waals surface area (Å²) in [7, 11) is 0.741. The predicted octanol–water partition coefficient (Wildman–Crippen LogP) is 7.50. The van der Waals surface area contributed by atoms with Crippen LogP contribution >= 0.6 is 8.58 Å². The molecule has 0 radical (unpaired) electrons. The summed E-state index contributed by atoms with van der Waals surface area (Å²) in [4.78, 5) is 0. The van der Waals surface area contributed by atoms with Gasteiger partial charge in [-0.1, -0.05) is 103 Å². The van der Waals surface area contributed by atoms with Gasteiger partial charge < -0.3 is 0 Å². The molecule has 0 N–H and O–H groups in total. The molecule has 3 aromatic carbocycles. The van der Waals surface area contributed by atoms with E-state index in [1.165, 1.54) is 73.9 Å². The number of hydrogen-bond donors (Lipinski definition) is 0. The van der Waals surface area contributed by atoms with E-state index in [1.807, 2.05) is 0 Å². The Bertz CT molecular complexity index is 904. The van der Waals surface area contributed by atoms with E-state index in [0.29, 0.717) is 0 Å². The molecule has 0 aliphatic rings. The van der Waals surface area contributed by atoms with Gasteiger partial charge >= 0.3 is 0 Å². The predicted molar refractivity (Wildman–Crippen MR) is 134 cm³/mol. The third kappa shape index (κ3) is 5.70. The van der Waals surface area contributed by atoms with Gasteiger partial charge in [-0.2, -0.15) is 0 Å². The molecule has 1 atom stereocenters. The Morgan fingerprint density at radius 1 is 0.586 bits per heavy atom. The summed E-state index contributed by atoms with van der Waals surface area (Å²) in [6, 6.07) is 20.6. The number of rotatable bonds is 11. The van der Waals surface area contributed by atoms with E-state index >= 15 is 0 Å². The van der Waals surface area contributed by atoms with Gasteiger partial charge in [0.25, 0.3) is 0 Å². The fourth-order valence-electron chi connectivity index (χ4n) is 4.24. The highest BCUT2D eigenvalue weighted by atomic mass is 31.1. The Morgan fingerprint density at radius 2 is 1.24 bits per heavy atom. The van der Waals surface area contributed by atoms with Crippen LogP contribution in [0, 0.1) is 0 Å². The van der Waals surface area contributed by atoms with Crippen molar-refractivity contribution in [2.24, 2.45) is 0 Å². The SMILES string of the molecule is CCCCc1ccc(Pc2cccc3ccccc23)c(CCCC)c1CCCC. The molecule has 29 heavy (non-hydrogen) atoms. The third-order valence-corrected chi connectivity index (χ3v) is 7.39. The molecular weight excluding hydrogens is 367 g/mol. The van der Waals surface area contributed by atoms with Crippen molar-refractivity contribution in [2.45, 2.75) is 78.6 Å². The van der Waals surface area contributed by atoms with Crippen molar-refractivity contribution in [3.63, 3.8) is 0 Å². The molecule has 0 heterocycles. The average Bonchev–Trinajstić information content (AvgIpc) is 2.76. The second kappa shape index (κ2) is 11.5. The molecule has 1 heteroatoms. The summed E-state index contributed by atoms with van der Waals surface area (Å²) in [5, 5.41) is 5.85. The van der Waals surface area contributed by atoms with Gasteiger partial charge in [-0.15, -0.1) is 0 Å². The van der Waals surface area contributed by atoms with E-state index in [9.17, 15) is 0 Å². The smallest absolute Gasteiger partial charge is 0.0106 e. The fourth-order valence-corrected chi connectivity index (χ4v) is 5.67. The quantitative estimate of drug-likeness (QED) is 0.290. The molecular formula is C28H37P. The van der Waals surface area contributed by atoms with Crippen LogP contribution in [0.3, 0.4) is 0 Å². The first-order valence-electron chi connectivity index (χ1n) is 11.7. The van der Waals surface area contributed by atoms with Crippen LogP contribution in [-0.4, -0.2) is 0 Å². The number of hydrogen-bond acceptors (Lipinski definition) is 0. The first-order chi connectivity index (χ1) is 14.3. The van der Waals surface area contributed by atoms with Crippen molar-refractivity contribution in [3.8, 4) is 0 Å². The van der Waals surface area contributed by atoms with Crippen molar-refractivity contribution in [2.75, 3.05) is 0 Å². The van der Waals surface area contributed by atoms with E-state index in [1.54, 1.807) is 22.0 Å². The minimum atomic E-state index is 0.741. The van der Waals surface area contributed by atoms with Crippen LogP contribution in [0.2, 0.25) is 0 Å². The largest absolute Gasteiger partial charge is 0.0654 e. The summed E-state index contributed by atoms with van der Waals surface area (Å²) in [6.07, 6.45) is 11.5. The third-order valence-electron chi connectivity index (χ3n) is 5.95. The zero-order chi connectivity index (χ0) is 20.5. The Labute approximate surface area is 179 Å². The fraction of sp³-hybridized carbons (Fsp3) is 0.429. The maximum absolute atomic E-state index is 2.46. The van der Waals surface area contributed by atoms with Crippen molar-refractivity contribution in [1.29, 1.82) is 0 Å². The standard InChI is InChI=1S/C28H37P/c1-4-7-13-23-20-21-28(26(17-9-6-3)24(23)16-8-5-2)29-27-19-12-15-22-14-10-11-18-25(22)27/h10-12,14-15,18-21,29H,4-9,13,16-17H2,1-3H3. The molecule has 3 rings (SSSR count). The number of benzene rings is 3. The second-order valence-electron chi connectivity index (χ2n) is 8.19. The molecule has 0 spiro atoms. The Balaban J connectivity index is 2.03. The summed E-state index contributed by atoms with van der Waals surface area (Å²) in [6.45, 7) is 6.94. The van der Waals surface area contributed by atoms with E-state index < -0.39 is 0 Å². The maximum atomic E-state index is 2.46. The second-order valence-corrected chi connectivity index (χ2v) is 9.52. The van der Waals surface area contributed by atoms with Gasteiger partial charge in [0.15, 0.2) is 0 Å². The van der Waals surface area contributed by atoms with Crippen LogP contribution in [-0.2, 0) is 19.3 Å². The Kier molecular flexibility index (Phi) is 8.75. The normalized spacial score (nSPS) is 11.7. The van der Waals surface area contributed by atoms with Crippen LogP contribution in [0.1, 0.15) is 76.0 Å². The van der Waals surface area contributed by atoms with Crippen molar-refractivity contribution < 1.29 is 0 Å². The summed E-state index contributed by atoms with van der Waals surface area (Å²) >= 11 is 0. The molecule has 154 valence electrons. The maximum Gasteiger partial charge on any atom is -0.0106 e. The molecule has 0 aliphatic carbocycles. The minimum absolute atomic E-state index is 0.741. The van der Waals surface area contributed by atoms with Gasteiger partial charge in [0.2, 0.25) is 0 Å². The molecule has 0 bridgehead atoms. The Morgan fingerprint density at radius 3 is 2.00 bits per heavy atom. The van der Waals surface area contributed by atoms with Crippen molar-refractivity contribution in [3.05, 3.63) is 71.3 Å². The van der Waals surface area contributed by atoms with Gasteiger partial charge in [-0.3, -0.25) is 0 Å². The van der Waals surface area contributed by atoms with Crippen LogP contribution in [0.25, 0.3) is 10.8 Å². The molecule has 0 amide bonds. The summed E-state index contributed by atoms with van der Waals surface area (Å²) < 4.78 is 0. The molecule has 0 aromatic heterocycles. The molecule has 0 aliphatic heterocycles. The zero-order valence-corrected chi connectivity index (χ0v) is 19.6. The molecule has 0 fully saturated rings. The zero-order valence-electron chi connectivity index (χ0n) is 18.6. The minimum Gasteiger partial charge on any atom is -0.0654 e. The highest BCUT2D eigenvalue weighted by Gasteiger charge is 2.14. The van der Waals surface area contributed by atoms with Gasteiger partial charge in [0, 0.05) is 0 Å². The molecule has 1 unspecified atom stereocenters. The highest BCUT2D eigenvalue weighted by molar-refractivity contribution is 7.56. The lowest BCUT2D eigenvalue weighted by molar-refractivity contribution is 0.737. The van der Waals surface area contributed by atoms with Gasteiger partial charge in [-0.05, 0) is 76.6 Å². The lowest BCUT2D eigenvalue weighted by atomic mass is 9.91. The molecule has 0 nitrogen and oxygen atoms in total. The van der Waals surface area contributed by atoms with Gasteiger partial charge in [0.1, 0.15) is 0 Å². The van der Waals surface area contributed by atoms with Crippen molar-refractivity contribution >= 4 is 30.0 Å². The van der Waals surface area contributed by atoms with Gasteiger partial charge in [-0.25, -0.2) is 0 Å². The number of aryl methyl sites for hydroxylation is 1. The first kappa shape index (κ1) is 22.0. The topological polar surface area (TPSA) is 0 Å². The van der Waals surface area contributed by atoms with Crippen LogP contribution in [0.4, 0.5) is 0 Å². The first-order valence-corrected chi connectivity index (χ1v) is 12.7. The number of fused-ring (bicyclic) bond motifs is 1. The molecule has 0 saturated heterocycles. The lowest BCUT2D eigenvalue weighted by Crippen LogP contribution is -2.15. The number of unbranched alkanes of at least 4 members (excludes halogenated alkanes) is 3. The van der Waals surface area contributed by atoms with Crippen LogP contribution < -0.4 is 10.6 Å². The Hall–Kier alpha value is -1.65. The summed E-state index contributed by atoms with van der Waals surface area (Å²) in [5.74, 6) is 0. The van der Waals surface area contributed by atoms with E-state index in [0.717, 1.165) is 8.58 Å². The monoisotopic (exact) mass is 404 g/mol. The average molecular weight is 405 g/mol. The highest BCUT2D eigenvalue weighted by Crippen LogP contribution is 2.27. The molecule has 3 aromatic rings. The van der Waals surface area contributed by atoms with E-state index in [2.05, 4.69) is 75.4 Å². The van der Waals surface area contributed by atoms with E-state index in [-0.39, 0.29) is 0 Å². The van der Waals surface area contributed by atoms with Gasteiger partial charge in [0.05, 0.1) is 0 Å². The lowest BCUT2D eigenvalue weighted by Gasteiger charge is -2.20. The van der Waals surface area contributed by atoms with Crippen LogP contribution in [0.5, 0.6) is 0 Å². The van der Waals surface area contributed by atoms with E-state index in [4.69, 9.17) is 0 Å². The summed E-state index contributed by atoms with van der Waals surface area (Å²) in [5.41, 5.74) is 5.00. The molecule has 0 saturated carbocycles. The van der Waals surface area contributed by atoms with Crippen LogP contribution in [0.15, 0.2) is 54.6 Å². The van der Waals surface area contributed by atoms with Crippen molar-refractivity contribution in [1.82, 2.24) is 0 Å².